The largest absolute Gasteiger partial charge is 1.00 e. The number of aryl methyl sites for hydroxylation is 1. The van der Waals surface area contributed by atoms with Gasteiger partial charge in [0.25, 0.3) is 0 Å². The van der Waals surface area contributed by atoms with Crippen LogP contribution in [0.15, 0.2) is 24.3 Å². The number of rotatable bonds is 4. The zero-order valence-electron chi connectivity index (χ0n) is 8.22. The molecule has 0 aliphatic rings. The molecule has 2 heteroatoms. The third kappa shape index (κ3) is 4.89. The molecular formula is C11H15ClMg. The normalized spacial score (nSPS) is 9.46. The Kier molecular flexibility index (Phi) is 7.82. The van der Waals surface area contributed by atoms with Gasteiger partial charge in [0.15, 0.2) is 0 Å². The Bertz CT molecular complexity index is 235. The van der Waals surface area contributed by atoms with Crippen LogP contribution in [-0.2, 0) is 11.0 Å². The second kappa shape index (κ2) is 7.66. The molecule has 0 aromatic heterocycles. The predicted molar refractivity (Wildman–Crippen MR) is 54.5 cm³/mol. The van der Waals surface area contributed by atoms with E-state index in [1.165, 1.54) is 34.9 Å². The van der Waals surface area contributed by atoms with E-state index < -0.39 is 0 Å². The molecule has 0 bridgehead atoms. The molecule has 0 unspecified atom stereocenters. The molecule has 0 heterocycles. The van der Waals surface area contributed by atoms with Crippen LogP contribution in [0.1, 0.15) is 30.9 Å². The second-order valence-electron chi connectivity index (χ2n) is 3.17. The van der Waals surface area contributed by atoms with Gasteiger partial charge in [-0.2, -0.15) is 0 Å². The van der Waals surface area contributed by atoms with Crippen molar-refractivity contribution in [2.24, 2.45) is 0 Å². The monoisotopic (exact) mass is 206 g/mol. The van der Waals surface area contributed by atoms with E-state index >= 15 is 0 Å². The van der Waals surface area contributed by atoms with Gasteiger partial charge in [-0.3, -0.25) is 0 Å². The van der Waals surface area contributed by atoms with Gasteiger partial charge in [0, 0.05) is 0 Å². The Morgan fingerprint density at radius 1 is 1.23 bits per heavy atom. The SMILES string of the molecule is CCCCc1cccc([CH2][Mg+])c1.[Cl-]. The summed E-state index contributed by atoms with van der Waals surface area (Å²) in [6.07, 6.45) is 3.85. The molecule has 0 aliphatic carbocycles. The fourth-order valence-electron chi connectivity index (χ4n) is 1.32. The van der Waals surface area contributed by atoms with E-state index in [-0.39, 0.29) is 12.4 Å². The predicted octanol–water partition coefficient (Wildman–Crippen LogP) is -0.298. The maximum atomic E-state index is 2.34. The van der Waals surface area contributed by atoms with Gasteiger partial charge in [-0.05, 0) is 0 Å². The van der Waals surface area contributed by atoms with E-state index in [0.29, 0.717) is 0 Å². The van der Waals surface area contributed by atoms with Gasteiger partial charge in [-0.15, -0.1) is 0 Å². The number of hydrogen-bond donors (Lipinski definition) is 0. The van der Waals surface area contributed by atoms with Crippen LogP contribution in [0.3, 0.4) is 0 Å². The number of hydrogen-bond acceptors (Lipinski definition) is 0. The van der Waals surface area contributed by atoms with Crippen LogP contribution in [0.25, 0.3) is 0 Å². The molecule has 0 saturated carbocycles. The minimum absolute atomic E-state index is 0. The van der Waals surface area contributed by atoms with Crippen LogP contribution < -0.4 is 12.4 Å². The van der Waals surface area contributed by atoms with Crippen LogP contribution in [0, 0.1) is 0 Å². The summed E-state index contributed by atoms with van der Waals surface area (Å²) in [5, 5.41) is 0. The molecule has 1 aromatic carbocycles. The van der Waals surface area contributed by atoms with Gasteiger partial charge >= 0.3 is 87.8 Å². The quantitative estimate of drug-likeness (QED) is 0.594. The first-order chi connectivity index (χ1) is 5.86. The van der Waals surface area contributed by atoms with Crippen LogP contribution >= 0.6 is 0 Å². The minimum atomic E-state index is 0. The third-order valence-electron chi connectivity index (χ3n) is 2.10. The molecule has 0 fully saturated rings. The molecule has 0 nitrogen and oxygen atoms in total. The van der Waals surface area contributed by atoms with Gasteiger partial charge in [0.05, 0.1) is 0 Å². The van der Waals surface area contributed by atoms with Crippen molar-refractivity contribution in [1.29, 1.82) is 0 Å². The van der Waals surface area contributed by atoms with Crippen molar-refractivity contribution >= 4 is 21.7 Å². The first-order valence-electron chi connectivity index (χ1n) is 4.74. The summed E-state index contributed by atoms with van der Waals surface area (Å²) in [5.41, 5.74) is 2.97. The topological polar surface area (TPSA) is 0 Å². The van der Waals surface area contributed by atoms with Gasteiger partial charge in [0.1, 0.15) is 0 Å². The van der Waals surface area contributed by atoms with E-state index in [1.54, 1.807) is 0 Å². The molecule has 1 aromatic rings. The number of benzene rings is 1. The molecule has 0 spiro atoms. The van der Waals surface area contributed by atoms with Crippen molar-refractivity contribution in [2.45, 2.75) is 30.7 Å². The van der Waals surface area contributed by atoms with E-state index in [2.05, 4.69) is 31.2 Å². The third-order valence-corrected chi connectivity index (χ3v) is 2.68. The zero-order valence-corrected chi connectivity index (χ0v) is 10.4. The zero-order chi connectivity index (χ0) is 8.81. The Morgan fingerprint density at radius 3 is 2.54 bits per heavy atom. The smallest absolute Gasteiger partial charge is 1.00 e. The first kappa shape index (κ1) is 13.3. The minimum Gasteiger partial charge on any atom is -1.00 e. The van der Waals surface area contributed by atoms with Crippen molar-refractivity contribution in [1.82, 2.24) is 0 Å². The fraction of sp³-hybridized carbons (Fsp3) is 0.455. The van der Waals surface area contributed by atoms with Crippen molar-refractivity contribution in [3.8, 4) is 0 Å². The van der Waals surface area contributed by atoms with E-state index in [4.69, 9.17) is 0 Å². The number of halogens is 1. The van der Waals surface area contributed by atoms with Gasteiger partial charge in [-0.1, -0.05) is 0 Å². The Balaban J connectivity index is 0.00000144. The molecule has 0 atom stereocenters. The Morgan fingerprint density at radius 2 is 1.92 bits per heavy atom. The summed E-state index contributed by atoms with van der Waals surface area (Å²) in [5.74, 6) is 0. The van der Waals surface area contributed by atoms with Crippen LogP contribution in [0.2, 0.25) is 0 Å². The second-order valence-corrected chi connectivity index (χ2v) is 3.67. The summed E-state index contributed by atoms with van der Waals surface area (Å²) in [6.45, 7) is 2.24. The van der Waals surface area contributed by atoms with Crippen molar-refractivity contribution in [3.05, 3.63) is 35.4 Å². The van der Waals surface area contributed by atoms with Crippen LogP contribution in [0.4, 0.5) is 0 Å². The van der Waals surface area contributed by atoms with E-state index in [0.717, 1.165) is 0 Å². The molecule has 0 saturated heterocycles. The van der Waals surface area contributed by atoms with Gasteiger partial charge < -0.3 is 12.4 Å². The molecular weight excluding hydrogens is 192 g/mol. The van der Waals surface area contributed by atoms with Crippen molar-refractivity contribution < 1.29 is 12.4 Å². The average Bonchev–Trinajstić information content (AvgIpc) is 2.15. The summed E-state index contributed by atoms with van der Waals surface area (Å²) in [4.78, 5) is 0. The van der Waals surface area contributed by atoms with E-state index in [9.17, 15) is 0 Å². The molecule has 13 heavy (non-hydrogen) atoms. The molecule has 68 valence electrons. The van der Waals surface area contributed by atoms with Crippen LogP contribution in [-0.4, -0.2) is 21.7 Å². The molecule has 0 aliphatic heterocycles. The molecule has 1 rings (SSSR count). The Labute approximate surface area is 100.0 Å². The van der Waals surface area contributed by atoms with Gasteiger partial charge in [-0.25, -0.2) is 0 Å². The van der Waals surface area contributed by atoms with Crippen molar-refractivity contribution in [2.75, 3.05) is 0 Å². The van der Waals surface area contributed by atoms with Crippen LogP contribution in [0.5, 0.6) is 0 Å². The van der Waals surface area contributed by atoms with Crippen molar-refractivity contribution in [3.63, 3.8) is 0 Å². The average molecular weight is 207 g/mol. The Hall–Kier alpha value is 0.276. The molecule has 0 N–H and O–H groups in total. The summed E-state index contributed by atoms with van der Waals surface area (Å²) >= 11 is 2.02. The molecule has 0 amide bonds. The summed E-state index contributed by atoms with van der Waals surface area (Å²) < 4.78 is 1.18. The number of unbranched alkanes of at least 4 members (excludes halogenated alkanes) is 1. The fourth-order valence-corrected chi connectivity index (χ4v) is 1.63. The van der Waals surface area contributed by atoms with E-state index in [1.807, 2.05) is 21.7 Å². The standard InChI is InChI=1S/C11H15.ClH.Mg/c1-3-4-7-11-8-5-6-10(2)9-11;;/h5-6,8-9H,2-4,7H2,1H3;1H;/q;;+1/p-1. The molecule has 0 radical (unpaired) electrons. The maximum Gasteiger partial charge on any atom is -1.00 e. The first-order valence-corrected chi connectivity index (χ1v) is 5.74. The van der Waals surface area contributed by atoms with Gasteiger partial charge in [0.2, 0.25) is 0 Å². The maximum absolute atomic E-state index is 2.34. The summed E-state index contributed by atoms with van der Waals surface area (Å²) in [7, 11) is 0. The summed E-state index contributed by atoms with van der Waals surface area (Å²) in [6, 6.07) is 8.96.